The molecule has 162 valence electrons. The number of ether oxygens (including phenoxy) is 1. The first-order valence-electron chi connectivity index (χ1n) is 10.7. The molecule has 2 N–H and O–H groups in total. The van der Waals surface area contributed by atoms with Gasteiger partial charge in [0.05, 0.1) is 23.2 Å². The number of aliphatic hydroxyl groups is 1. The molecule has 1 aliphatic rings. The van der Waals surface area contributed by atoms with Gasteiger partial charge in [0.15, 0.2) is 0 Å². The molecule has 30 heavy (non-hydrogen) atoms. The number of nitrogens with one attached hydrogen (secondary N) is 1. The van der Waals surface area contributed by atoms with E-state index in [0.717, 1.165) is 31.6 Å². The predicted octanol–water partition coefficient (Wildman–Crippen LogP) is 4.07. The molecule has 1 aromatic heterocycles. The number of rotatable bonds is 8. The lowest BCUT2D eigenvalue weighted by Gasteiger charge is -2.27. The van der Waals surface area contributed by atoms with Crippen LogP contribution in [0.2, 0.25) is 0 Å². The van der Waals surface area contributed by atoms with E-state index >= 15 is 0 Å². The van der Waals surface area contributed by atoms with Crippen LogP contribution in [0.25, 0.3) is 0 Å². The Morgan fingerprint density at radius 1 is 1.17 bits per heavy atom. The Kier molecular flexibility index (Phi) is 7.26. The molecule has 1 unspecified atom stereocenters. The number of piperidine rings is 1. The van der Waals surface area contributed by atoms with Crippen LogP contribution in [0.5, 0.6) is 5.88 Å². The SMILES string of the molecule is CCC(C)(O)COc1cc(/C=N/Nc2ccc(C)c(C)c2)nc(N2CCCCC2)n1. The van der Waals surface area contributed by atoms with Crippen LogP contribution in [0.3, 0.4) is 0 Å². The standard InChI is InChI=1S/C23H33N5O2/c1-5-23(4,29)16-30-21-14-20(25-22(26-21)28-11-7-6-8-12-28)15-24-27-19-10-9-17(2)18(3)13-19/h9-10,13-15,27,29H,5-8,11-12,16H2,1-4H3/b24-15+. The second-order valence-corrected chi connectivity index (χ2v) is 8.29. The molecule has 0 amide bonds. The molecule has 1 saturated heterocycles. The highest BCUT2D eigenvalue weighted by Gasteiger charge is 2.20. The first-order valence-corrected chi connectivity index (χ1v) is 10.7. The van der Waals surface area contributed by atoms with Crippen LogP contribution in [0.4, 0.5) is 11.6 Å². The largest absolute Gasteiger partial charge is 0.474 e. The fourth-order valence-corrected chi connectivity index (χ4v) is 3.12. The number of hydrazone groups is 1. The highest BCUT2D eigenvalue weighted by molar-refractivity contribution is 5.78. The normalized spacial score (nSPS) is 16.5. The number of hydrogen-bond acceptors (Lipinski definition) is 7. The molecule has 7 nitrogen and oxygen atoms in total. The van der Waals surface area contributed by atoms with Crippen molar-refractivity contribution in [3.8, 4) is 5.88 Å². The van der Waals surface area contributed by atoms with Gasteiger partial charge in [-0.05, 0) is 69.7 Å². The van der Waals surface area contributed by atoms with Crippen LogP contribution in [0.15, 0.2) is 29.4 Å². The smallest absolute Gasteiger partial charge is 0.229 e. The Labute approximate surface area is 179 Å². The summed E-state index contributed by atoms with van der Waals surface area (Å²) in [7, 11) is 0. The molecule has 0 aliphatic carbocycles. The van der Waals surface area contributed by atoms with Crippen molar-refractivity contribution in [3.63, 3.8) is 0 Å². The van der Waals surface area contributed by atoms with Gasteiger partial charge in [-0.2, -0.15) is 10.1 Å². The summed E-state index contributed by atoms with van der Waals surface area (Å²) in [5.41, 5.74) is 6.21. The average molecular weight is 412 g/mol. The first kappa shape index (κ1) is 22.0. The molecular formula is C23H33N5O2. The van der Waals surface area contributed by atoms with Gasteiger partial charge in [0.25, 0.3) is 0 Å². The molecule has 0 radical (unpaired) electrons. The maximum absolute atomic E-state index is 10.3. The highest BCUT2D eigenvalue weighted by Crippen LogP contribution is 2.21. The Balaban J connectivity index is 1.78. The fourth-order valence-electron chi connectivity index (χ4n) is 3.12. The number of hydrogen-bond donors (Lipinski definition) is 2. The highest BCUT2D eigenvalue weighted by atomic mass is 16.5. The van der Waals surface area contributed by atoms with Gasteiger partial charge in [0, 0.05) is 19.2 Å². The zero-order valence-corrected chi connectivity index (χ0v) is 18.5. The van der Waals surface area contributed by atoms with Gasteiger partial charge in [-0.15, -0.1) is 0 Å². The quantitative estimate of drug-likeness (QED) is 0.503. The predicted molar refractivity (Wildman–Crippen MR) is 122 cm³/mol. The zero-order valence-electron chi connectivity index (χ0n) is 18.5. The van der Waals surface area contributed by atoms with E-state index in [4.69, 9.17) is 4.74 Å². The van der Waals surface area contributed by atoms with Crippen LogP contribution >= 0.6 is 0 Å². The molecule has 0 spiro atoms. The van der Waals surface area contributed by atoms with E-state index in [-0.39, 0.29) is 6.61 Å². The van der Waals surface area contributed by atoms with Crippen LogP contribution < -0.4 is 15.1 Å². The molecule has 1 atom stereocenters. The van der Waals surface area contributed by atoms with Crippen molar-refractivity contribution in [2.45, 2.75) is 59.0 Å². The Hall–Kier alpha value is -2.67. The topological polar surface area (TPSA) is 82.9 Å². The molecule has 1 aromatic carbocycles. The van der Waals surface area contributed by atoms with E-state index in [2.05, 4.69) is 51.4 Å². The summed E-state index contributed by atoms with van der Waals surface area (Å²) >= 11 is 0. The van der Waals surface area contributed by atoms with Gasteiger partial charge in [0.1, 0.15) is 6.61 Å². The van der Waals surface area contributed by atoms with E-state index in [1.54, 1.807) is 19.2 Å². The van der Waals surface area contributed by atoms with Gasteiger partial charge in [-0.25, -0.2) is 4.98 Å². The van der Waals surface area contributed by atoms with Crippen molar-refractivity contribution in [3.05, 3.63) is 41.1 Å². The molecule has 2 heterocycles. The van der Waals surface area contributed by atoms with Crippen molar-refractivity contribution in [1.29, 1.82) is 0 Å². The molecule has 3 rings (SSSR count). The second kappa shape index (κ2) is 9.89. The summed E-state index contributed by atoms with van der Waals surface area (Å²) in [6.45, 7) is 9.91. The molecule has 7 heteroatoms. The first-order chi connectivity index (χ1) is 14.4. The Bertz CT molecular complexity index is 876. The summed E-state index contributed by atoms with van der Waals surface area (Å²) in [4.78, 5) is 11.4. The lowest BCUT2D eigenvalue weighted by molar-refractivity contribution is 0.00699. The third kappa shape index (κ3) is 6.16. The second-order valence-electron chi connectivity index (χ2n) is 8.29. The van der Waals surface area contributed by atoms with Gasteiger partial charge in [-0.1, -0.05) is 13.0 Å². The van der Waals surface area contributed by atoms with Gasteiger partial charge in [0.2, 0.25) is 11.8 Å². The van der Waals surface area contributed by atoms with Crippen LogP contribution in [-0.2, 0) is 0 Å². The average Bonchev–Trinajstić information content (AvgIpc) is 2.75. The molecule has 1 aliphatic heterocycles. The third-order valence-corrected chi connectivity index (χ3v) is 5.54. The third-order valence-electron chi connectivity index (χ3n) is 5.54. The van der Waals surface area contributed by atoms with Gasteiger partial charge < -0.3 is 14.7 Å². The number of anilines is 2. The molecule has 0 saturated carbocycles. The summed E-state index contributed by atoms with van der Waals surface area (Å²) < 4.78 is 5.82. The van der Waals surface area contributed by atoms with Gasteiger partial charge >= 0.3 is 0 Å². The monoisotopic (exact) mass is 411 g/mol. The number of aromatic nitrogens is 2. The minimum atomic E-state index is -0.894. The van der Waals surface area contributed by atoms with Crippen molar-refractivity contribution >= 4 is 17.9 Å². The summed E-state index contributed by atoms with van der Waals surface area (Å²) in [6, 6.07) is 7.88. The van der Waals surface area contributed by atoms with E-state index in [0.29, 0.717) is 23.9 Å². The van der Waals surface area contributed by atoms with Crippen LogP contribution in [0.1, 0.15) is 56.4 Å². The lowest BCUT2D eigenvalue weighted by Crippen LogP contribution is -2.33. The van der Waals surface area contributed by atoms with Crippen molar-refractivity contribution in [2.24, 2.45) is 5.10 Å². The maximum atomic E-state index is 10.3. The van der Waals surface area contributed by atoms with E-state index in [1.807, 2.05) is 13.0 Å². The minimum absolute atomic E-state index is 0.178. The fraction of sp³-hybridized carbons (Fsp3) is 0.522. The van der Waals surface area contributed by atoms with Crippen molar-refractivity contribution in [2.75, 3.05) is 30.0 Å². The molecule has 1 fully saturated rings. The molecule has 0 bridgehead atoms. The summed E-state index contributed by atoms with van der Waals surface area (Å²) in [5, 5.41) is 14.6. The summed E-state index contributed by atoms with van der Waals surface area (Å²) in [6.07, 6.45) is 5.79. The lowest BCUT2D eigenvalue weighted by atomic mass is 10.1. The van der Waals surface area contributed by atoms with Crippen LogP contribution in [-0.4, -0.2) is 46.6 Å². The number of aryl methyl sites for hydroxylation is 2. The maximum Gasteiger partial charge on any atom is 0.229 e. The van der Waals surface area contributed by atoms with E-state index < -0.39 is 5.60 Å². The molecule has 2 aromatic rings. The number of benzene rings is 1. The van der Waals surface area contributed by atoms with Crippen LogP contribution in [0, 0.1) is 13.8 Å². The van der Waals surface area contributed by atoms with Crippen molar-refractivity contribution < 1.29 is 9.84 Å². The minimum Gasteiger partial charge on any atom is -0.474 e. The summed E-state index contributed by atoms with van der Waals surface area (Å²) in [5.74, 6) is 1.10. The van der Waals surface area contributed by atoms with E-state index in [1.165, 1.54) is 17.5 Å². The van der Waals surface area contributed by atoms with Crippen molar-refractivity contribution in [1.82, 2.24) is 9.97 Å². The molecular weight excluding hydrogens is 378 g/mol. The van der Waals surface area contributed by atoms with E-state index in [9.17, 15) is 5.11 Å². The Morgan fingerprint density at radius 3 is 2.63 bits per heavy atom. The van der Waals surface area contributed by atoms with Gasteiger partial charge in [-0.3, -0.25) is 5.43 Å². The Morgan fingerprint density at radius 2 is 1.93 bits per heavy atom. The number of nitrogens with zero attached hydrogens (tertiary/aromatic N) is 4. The zero-order chi connectivity index (χ0) is 21.6.